The number of imide groups is 1. The van der Waals surface area contributed by atoms with E-state index in [2.05, 4.69) is 20.3 Å². The van der Waals surface area contributed by atoms with E-state index in [1.165, 1.54) is 16.0 Å². The average molecular weight is 955 g/mol. The predicted octanol–water partition coefficient (Wildman–Crippen LogP) is 2.84. The molecule has 69 heavy (non-hydrogen) atoms. The minimum atomic E-state index is -0.681. The van der Waals surface area contributed by atoms with Crippen molar-refractivity contribution in [3.05, 3.63) is 102 Å². The van der Waals surface area contributed by atoms with Gasteiger partial charge in [0.15, 0.2) is 0 Å². The van der Waals surface area contributed by atoms with E-state index < -0.39 is 11.7 Å². The molecule has 0 spiro atoms. The predicted molar refractivity (Wildman–Crippen MR) is 246 cm³/mol. The Morgan fingerprint density at radius 2 is 1.33 bits per heavy atom. The number of likely N-dealkylation sites (tertiary alicyclic amines) is 1. The highest BCUT2D eigenvalue weighted by Gasteiger charge is 2.35. The summed E-state index contributed by atoms with van der Waals surface area (Å²) in [6, 6.07) is 17.0. The van der Waals surface area contributed by atoms with Gasteiger partial charge in [0.1, 0.15) is 36.1 Å². The molecule has 0 unspecified atom stereocenters. The van der Waals surface area contributed by atoms with Crippen LogP contribution in [0.1, 0.15) is 50.1 Å². The number of fused-ring (bicyclic) bond motifs is 1. The van der Waals surface area contributed by atoms with Crippen LogP contribution >= 0.6 is 0 Å². The van der Waals surface area contributed by atoms with Gasteiger partial charge >= 0.3 is 0 Å². The number of hydrogen-bond donors (Lipinski definition) is 1. The first-order valence-corrected chi connectivity index (χ1v) is 23.0. The number of β-lactam (4-membered cyclic amide) rings is 1. The van der Waals surface area contributed by atoms with Gasteiger partial charge in [-0.15, -0.1) is 5.10 Å². The summed E-state index contributed by atoms with van der Waals surface area (Å²) in [5.41, 5.74) is 2.31. The Labute approximate surface area is 398 Å². The number of carbonyl (C=O) groups excluding carboxylic acids is 5. The molecule has 2 aromatic carbocycles. The standard InChI is InChI=1S/C48H58N8O13/c1-35-32-53(46(59)36-5-3-2-4-6-36)15-16-55(35)48(61)44(58)40-31-50-45-43(40)41(11-13-49-45)69-30-28-66-24-21-63-20-19-62-18-17-54-33-38(51-52-54)34-67-26-25-64-22-23-65-27-29-68-39-9-7-37(8-10-39)47(60)56-14-12-42(56)57/h2-11,13,31,33,35H,12,14-30,32,34H2,1H3,(H,49,50)/t35-/m1/s1. The Kier molecular flexibility index (Phi) is 19.1. The molecule has 0 bridgehead atoms. The molecule has 2 fully saturated rings. The number of piperazine rings is 1. The number of nitrogens with zero attached hydrogens (tertiary/aromatic N) is 7. The Morgan fingerprint density at radius 3 is 1.99 bits per heavy atom. The van der Waals surface area contributed by atoms with Crippen LogP contribution < -0.4 is 9.47 Å². The molecule has 2 aliphatic heterocycles. The highest BCUT2D eigenvalue weighted by Crippen LogP contribution is 2.29. The number of amides is 4. The molecule has 0 radical (unpaired) electrons. The Bertz CT molecular complexity index is 2450. The van der Waals surface area contributed by atoms with E-state index in [4.69, 9.17) is 37.9 Å². The molecule has 5 heterocycles. The molecule has 3 aromatic heterocycles. The van der Waals surface area contributed by atoms with E-state index in [0.717, 1.165) is 0 Å². The summed E-state index contributed by atoms with van der Waals surface area (Å²) >= 11 is 0. The second-order valence-corrected chi connectivity index (χ2v) is 15.9. The minimum Gasteiger partial charge on any atom is -0.491 e. The number of nitrogens with one attached hydrogen (secondary N) is 1. The van der Waals surface area contributed by atoms with Gasteiger partial charge in [-0.05, 0) is 49.4 Å². The third kappa shape index (κ3) is 14.5. The Hall–Kier alpha value is -6.62. The highest BCUT2D eigenvalue weighted by atomic mass is 16.6. The van der Waals surface area contributed by atoms with E-state index in [-0.39, 0.29) is 49.1 Å². The zero-order valence-electron chi connectivity index (χ0n) is 38.7. The van der Waals surface area contributed by atoms with Crippen LogP contribution in [0.25, 0.3) is 11.0 Å². The number of aromatic amines is 1. The molecule has 0 saturated carbocycles. The van der Waals surface area contributed by atoms with Crippen LogP contribution in [0.5, 0.6) is 11.5 Å². The first-order valence-electron chi connectivity index (χ1n) is 23.0. The van der Waals surface area contributed by atoms with Gasteiger partial charge in [-0.25, -0.2) is 9.67 Å². The maximum Gasteiger partial charge on any atom is 0.295 e. The third-order valence-corrected chi connectivity index (χ3v) is 11.1. The summed E-state index contributed by atoms with van der Waals surface area (Å²) in [5, 5.41) is 8.66. The monoisotopic (exact) mass is 954 g/mol. The number of Topliss-reactive ketones (excluding diaryl/α,β-unsaturated/α-hetero) is 1. The van der Waals surface area contributed by atoms with E-state index in [0.29, 0.717) is 151 Å². The smallest absolute Gasteiger partial charge is 0.295 e. The molecule has 1 N–H and O–H groups in total. The lowest BCUT2D eigenvalue weighted by atomic mass is 10.1. The number of hydrogen-bond acceptors (Lipinski definition) is 16. The van der Waals surface area contributed by atoms with E-state index in [1.807, 2.05) is 25.1 Å². The van der Waals surface area contributed by atoms with Crippen LogP contribution in [0.15, 0.2) is 79.3 Å². The molecule has 7 rings (SSSR count). The van der Waals surface area contributed by atoms with Crippen LogP contribution in [0.3, 0.4) is 0 Å². The number of carbonyl (C=O) groups is 5. The van der Waals surface area contributed by atoms with Crippen LogP contribution in [-0.2, 0) is 51.2 Å². The third-order valence-electron chi connectivity index (χ3n) is 11.1. The highest BCUT2D eigenvalue weighted by molar-refractivity contribution is 6.45. The first-order chi connectivity index (χ1) is 33.8. The van der Waals surface area contributed by atoms with E-state index in [9.17, 15) is 24.0 Å². The summed E-state index contributed by atoms with van der Waals surface area (Å²) in [6.07, 6.45) is 5.25. The second kappa shape index (κ2) is 26.2. The Morgan fingerprint density at radius 1 is 0.696 bits per heavy atom. The lowest BCUT2D eigenvalue weighted by molar-refractivity contribution is -0.136. The number of ketones is 1. The largest absolute Gasteiger partial charge is 0.491 e. The summed E-state index contributed by atoms with van der Waals surface area (Å²) < 4.78 is 47.0. The minimum absolute atomic E-state index is 0.107. The van der Waals surface area contributed by atoms with Crippen LogP contribution in [-0.4, -0.2) is 187 Å². The SMILES string of the molecule is C[C@@H]1CN(C(=O)c2ccccc2)CCN1C(=O)C(=O)c1c[nH]c2nccc(OCCOCCOCCOCCn3cc(COCCOCCOCCOc4ccc(C(=O)N5CCC5=O)cc4)nn3)c12. The lowest BCUT2D eigenvalue weighted by Gasteiger charge is -2.39. The number of pyridine rings is 1. The molecular formula is C48H58N8O13. The van der Waals surface area contributed by atoms with Crippen molar-refractivity contribution in [2.75, 3.05) is 112 Å². The van der Waals surface area contributed by atoms with Gasteiger partial charge < -0.3 is 52.7 Å². The van der Waals surface area contributed by atoms with Crippen LogP contribution in [0.4, 0.5) is 0 Å². The van der Waals surface area contributed by atoms with Gasteiger partial charge in [0, 0.05) is 62.2 Å². The summed E-state index contributed by atoms with van der Waals surface area (Å²) in [4.78, 5) is 75.5. The van der Waals surface area contributed by atoms with Crippen molar-refractivity contribution in [1.82, 2.24) is 39.7 Å². The van der Waals surface area contributed by atoms with Gasteiger partial charge in [0.2, 0.25) is 5.91 Å². The van der Waals surface area contributed by atoms with Gasteiger partial charge in [-0.3, -0.25) is 28.9 Å². The lowest BCUT2D eigenvalue weighted by Crippen LogP contribution is -2.56. The van der Waals surface area contributed by atoms with Crippen LogP contribution in [0, 0.1) is 0 Å². The van der Waals surface area contributed by atoms with Crippen molar-refractivity contribution < 1.29 is 61.9 Å². The Balaban J connectivity index is 0.663. The molecule has 4 amide bonds. The first kappa shape index (κ1) is 50.3. The quantitative estimate of drug-likeness (QED) is 0.0239. The number of H-pyrrole nitrogens is 1. The molecule has 5 aromatic rings. The van der Waals surface area contributed by atoms with E-state index in [1.54, 1.807) is 64.4 Å². The maximum absolute atomic E-state index is 13.6. The molecule has 21 nitrogen and oxygen atoms in total. The van der Waals surface area contributed by atoms with Crippen molar-refractivity contribution in [2.45, 2.75) is 32.5 Å². The fourth-order valence-electron chi connectivity index (χ4n) is 7.42. The van der Waals surface area contributed by atoms with Crippen molar-refractivity contribution in [3.8, 4) is 11.5 Å². The van der Waals surface area contributed by atoms with Crippen molar-refractivity contribution in [2.24, 2.45) is 0 Å². The molecule has 368 valence electrons. The van der Waals surface area contributed by atoms with Gasteiger partial charge in [0.05, 0.1) is 103 Å². The fraction of sp³-hybridized carbons (Fsp3) is 0.458. The second-order valence-electron chi connectivity index (χ2n) is 15.9. The van der Waals surface area contributed by atoms with Crippen molar-refractivity contribution in [1.29, 1.82) is 0 Å². The van der Waals surface area contributed by atoms with Gasteiger partial charge in [-0.2, -0.15) is 0 Å². The van der Waals surface area contributed by atoms with Gasteiger partial charge in [-0.1, -0.05) is 23.4 Å². The maximum atomic E-state index is 13.6. The summed E-state index contributed by atoms with van der Waals surface area (Å²) in [5.74, 6) is -0.858. The topological polar surface area (TPSA) is 228 Å². The summed E-state index contributed by atoms with van der Waals surface area (Å²) in [6.45, 7) is 8.72. The molecule has 21 heteroatoms. The average Bonchev–Trinajstić information content (AvgIpc) is 4.03. The number of benzene rings is 2. The van der Waals surface area contributed by atoms with Crippen molar-refractivity contribution in [3.63, 3.8) is 0 Å². The number of aromatic nitrogens is 5. The molecule has 2 saturated heterocycles. The van der Waals surface area contributed by atoms with Crippen molar-refractivity contribution >= 4 is 40.4 Å². The molecule has 1 atom stereocenters. The fourth-order valence-corrected chi connectivity index (χ4v) is 7.42. The zero-order valence-corrected chi connectivity index (χ0v) is 38.7. The molecule has 0 aliphatic carbocycles. The number of rotatable bonds is 29. The number of ether oxygens (including phenoxy) is 8. The molecular weight excluding hydrogens is 897 g/mol. The normalized spacial score (nSPS) is 14.8. The van der Waals surface area contributed by atoms with Gasteiger partial charge in [0.25, 0.3) is 23.5 Å². The summed E-state index contributed by atoms with van der Waals surface area (Å²) in [7, 11) is 0. The molecule has 2 aliphatic rings. The van der Waals surface area contributed by atoms with Crippen LogP contribution in [0.2, 0.25) is 0 Å². The zero-order chi connectivity index (χ0) is 48.2. The van der Waals surface area contributed by atoms with E-state index >= 15 is 0 Å².